The molecule has 6 heteroatoms. The zero-order valence-corrected chi connectivity index (χ0v) is 15.8. The van der Waals surface area contributed by atoms with Crippen LogP contribution in [0.4, 0.5) is 0 Å². The molecule has 0 saturated carbocycles. The minimum Gasteiger partial charge on any atom is -0.455 e. The maximum atomic E-state index is 12.4. The molecule has 0 aliphatic rings. The van der Waals surface area contributed by atoms with Crippen LogP contribution in [0, 0.1) is 6.92 Å². The summed E-state index contributed by atoms with van der Waals surface area (Å²) in [6.45, 7) is 2.43. The van der Waals surface area contributed by atoms with Crippen molar-refractivity contribution in [3.05, 3.63) is 88.3 Å². The number of halogens is 1. The molecular formula is C20H18ClNO3S. The van der Waals surface area contributed by atoms with Gasteiger partial charge < -0.3 is 9.73 Å². The Morgan fingerprint density at radius 3 is 2.54 bits per heavy atom. The van der Waals surface area contributed by atoms with Crippen LogP contribution in [-0.2, 0) is 23.1 Å². The van der Waals surface area contributed by atoms with Crippen LogP contribution in [0.15, 0.2) is 70.0 Å². The highest BCUT2D eigenvalue weighted by molar-refractivity contribution is 7.84. The minimum absolute atomic E-state index is 0.162. The molecule has 0 spiro atoms. The first-order chi connectivity index (χ1) is 12.5. The van der Waals surface area contributed by atoms with Gasteiger partial charge in [0.05, 0.1) is 26.5 Å². The number of carbonyl (C=O) groups is 1. The Morgan fingerprint density at radius 2 is 1.81 bits per heavy atom. The second-order valence-electron chi connectivity index (χ2n) is 5.85. The van der Waals surface area contributed by atoms with E-state index in [0.29, 0.717) is 22.2 Å². The second kappa shape index (κ2) is 8.34. The van der Waals surface area contributed by atoms with Crippen molar-refractivity contribution in [2.75, 3.05) is 0 Å². The highest BCUT2D eigenvalue weighted by Gasteiger charge is 2.15. The van der Waals surface area contributed by atoms with Gasteiger partial charge >= 0.3 is 0 Å². The Kier molecular flexibility index (Phi) is 5.91. The van der Waals surface area contributed by atoms with Crippen LogP contribution in [0.3, 0.4) is 0 Å². The predicted molar refractivity (Wildman–Crippen MR) is 103 cm³/mol. The number of hydrogen-bond acceptors (Lipinski definition) is 3. The zero-order chi connectivity index (χ0) is 18.5. The summed E-state index contributed by atoms with van der Waals surface area (Å²) in [6.07, 6.45) is 0. The van der Waals surface area contributed by atoms with E-state index in [1.807, 2.05) is 31.2 Å². The number of hydrogen-bond donors (Lipinski definition) is 1. The summed E-state index contributed by atoms with van der Waals surface area (Å²) in [5.74, 6) is 0.530. The van der Waals surface area contributed by atoms with Crippen LogP contribution in [0.2, 0.25) is 5.02 Å². The van der Waals surface area contributed by atoms with E-state index < -0.39 is 10.8 Å². The van der Waals surface area contributed by atoms with E-state index in [2.05, 4.69) is 5.32 Å². The molecular weight excluding hydrogens is 370 g/mol. The first-order valence-corrected chi connectivity index (χ1v) is 9.78. The molecule has 0 aliphatic carbocycles. The zero-order valence-electron chi connectivity index (χ0n) is 14.2. The van der Waals surface area contributed by atoms with Gasteiger partial charge in [0, 0.05) is 6.54 Å². The molecule has 0 saturated heterocycles. The third-order valence-corrected chi connectivity index (χ3v) is 5.65. The van der Waals surface area contributed by atoms with E-state index in [1.54, 1.807) is 36.4 Å². The van der Waals surface area contributed by atoms with E-state index in [-0.39, 0.29) is 17.4 Å². The Balaban J connectivity index is 1.60. The van der Waals surface area contributed by atoms with E-state index in [1.165, 1.54) is 5.56 Å². The quantitative estimate of drug-likeness (QED) is 0.678. The molecule has 1 N–H and O–H groups in total. The minimum atomic E-state index is -1.34. The molecule has 26 heavy (non-hydrogen) atoms. The van der Waals surface area contributed by atoms with Crippen LogP contribution < -0.4 is 5.32 Å². The molecule has 1 amide bonds. The topological polar surface area (TPSA) is 59.3 Å². The number of carbonyl (C=O) groups excluding carboxylic acids is 1. The fraction of sp³-hybridized carbons (Fsp3) is 0.150. The average Bonchev–Trinajstić information content (AvgIpc) is 3.10. The van der Waals surface area contributed by atoms with E-state index in [4.69, 9.17) is 16.0 Å². The van der Waals surface area contributed by atoms with Crippen LogP contribution in [0.1, 0.15) is 27.4 Å². The molecule has 0 fully saturated rings. The normalized spacial score (nSPS) is 11.9. The molecule has 2 aromatic carbocycles. The Morgan fingerprint density at radius 1 is 1.08 bits per heavy atom. The van der Waals surface area contributed by atoms with Crippen LogP contribution in [0.25, 0.3) is 0 Å². The third-order valence-electron chi connectivity index (χ3n) is 3.81. The van der Waals surface area contributed by atoms with E-state index >= 15 is 0 Å². The van der Waals surface area contributed by atoms with Crippen molar-refractivity contribution in [3.63, 3.8) is 0 Å². The lowest BCUT2D eigenvalue weighted by atomic mass is 10.1. The van der Waals surface area contributed by atoms with Gasteiger partial charge in [-0.15, -0.1) is 0 Å². The summed E-state index contributed by atoms with van der Waals surface area (Å²) in [5, 5.41) is 3.26. The van der Waals surface area contributed by atoms with Gasteiger partial charge in [-0.05, 0) is 36.8 Å². The molecule has 0 unspecified atom stereocenters. The van der Waals surface area contributed by atoms with Gasteiger partial charge in [0.25, 0.3) is 5.91 Å². The third kappa shape index (κ3) is 4.62. The number of amides is 1. The van der Waals surface area contributed by atoms with Crippen molar-refractivity contribution in [2.45, 2.75) is 24.1 Å². The molecule has 1 atom stereocenters. The molecule has 3 rings (SSSR count). The summed E-state index contributed by atoms with van der Waals surface area (Å²) in [4.78, 5) is 12.8. The molecule has 3 aromatic rings. The summed E-state index contributed by atoms with van der Waals surface area (Å²) < 4.78 is 18.0. The maximum Gasteiger partial charge on any atom is 0.287 e. The smallest absolute Gasteiger partial charge is 0.287 e. The average molecular weight is 388 g/mol. The number of nitrogens with one attached hydrogen (secondary N) is 1. The van der Waals surface area contributed by atoms with Gasteiger partial charge in [0.1, 0.15) is 5.76 Å². The molecule has 0 aliphatic heterocycles. The van der Waals surface area contributed by atoms with Crippen LogP contribution in [-0.4, -0.2) is 10.1 Å². The number of furan rings is 1. The van der Waals surface area contributed by atoms with Crippen molar-refractivity contribution < 1.29 is 13.4 Å². The summed E-state index contributed by atoms with van der Waals surface area (Å²) in [7, 11) is -1.34. The molecule has 134 valence electrons. The van der Waals surface area contributed by atoms with Gasteiger partial charge in [-0.3, -0.25) is 9.00 Å². The summed E-state index contributed by atoms with van der Waals surface area (Å²) >= 11 is 6.06. The second-order valence-corrected chi connectivity index (χ2v) is 7.68. The van der Waals surface area contributed by atoms with E-state index in [9.17, 15) is 9.00 Å². The monoisotopic (exact) mass is 387 g/mol. The standard InChI is InChI=1S/C20H18ClNO3S/c1-14-6-8-15(9-7-14)12-22-20(23)18-11-10-16(25-18)13-26(24)19-5-3-2-4-17(19)21/h2-11H,12-13H2,1H3,(H,22,23)/t26-/m0/s1. The van der Waals surface area contributed by atoms with Gasteiger partial charge in [-0.1, -0.05) is 53.6 Å². The number of benzene rings is 2. The SMILES string of the molecule is Cc1ccc(CNC(=O)c2ccc(C[S@](=O)c3ccccc3Cl)o2)cc1. The predicted octanol–water partition coefficient (Wildman–Crippen LogP) is 4.48. The van der Waals surface area contributed by atoms with Crippen molar-refractivity contribution in [3.8, 4) is 0 Å². The maximum absolute atomic E-state index is 12.4. The Bertz CT molecular complexity index is 934. The molecule has 0 radical (unpaired) electrons. The fourth-order valence-electron chi connectivity index (χ4n) is 2.39. The van der Waals surface area contributed by atoms with Crippen molar-refractivity contribution in [1.29, 1.82) is 0 Å². The van der Waals surface area contributed by atoms with Crippen LogP contribution >= 0.6 is 11.6 Å². The van der Waals surface area contributed by atoms with Gasteiger partial charge in [-0.2, -0.15) is 0 Å². The Hall–Kier alpha value is -2.37. The lowest BCUT2D eigenvalue weighted by molar-refractivity contribution is 0.0921. The first kappa shape index (κ1) is 18.4. The van der Waals surface area contributed by atoms with Gasteiger partial charge in [-0.25, -0.2) is 0 Å². The van der Waals surface area contributed by atoms with E-state index in [0.717, 1.165) is 5.56 Å². The highest BCUT2D eigenvalue weighted by atomic mass is 35.5. The molecule has 1 aromatic heterocycles. The highest BCUT2D eigenvalue weighted by Crippen LogP contribution is 2.22. The summed E-state index contributed by atoms with van der Waals surface area (Å²) in [5.41, 5.74) is 2.18. The van der Waals surface area contributed by atoms with Crippen molar-refractivity contribution in [2.24, 2.45) is 0 Å². The summed E-state index contributed by atoms with van der Waals surface area (Å²) in [6, 6.07) is 18.2. The van der Waals surface area contributed by atoms with Gasteiger partial charge in [0.15, 0.2) is 5.76 Å². The Labute approximate surface area is 159 Å². The molecule has 1 heterocycles. The lowest BCUT2D eigenvalue weighted by Crippen LogP contribution is -2.22. The fourth-order valence-corrected chi connectivity index (χ4v) is 3.87. The first-order valence-electron chi connectivity index (χ1n) is 8.08. The van der Waals surface area contributed by atoms with Crippen molar-refractivity contribution in [1.82, 2.24) is 5.32 Å². The molecule has 0 bridgehead atoms. The van der Waals surface area contributed by atoms with Crippen LogP contribution in [0.5, 0.6) is 0 Å². The number of aryl methyl sites for hydroxylation is 1. The van der Waals surface area contributed by atoms with Gasteiger partial charge in [0.2, 0.25) is 0 Å². The number of rotatable bonds is 6. The largest absolute Gasteiger partial charge is 0.455 e. The van der Waals surface area contributed by atoms with Crippen molar-refractivity contribution >= 4 is 28.3 Å². The molecule has 4 nitrogen and oxygen atoms in total. The lowest BCUT2D eigenvalue weighted by Gasteiger charge is -2.04.